The highest BCUT2D eigenvalue weighted by atomic mass is 35.5. The normalized spacial score (nSPS) is 32.5. The Morgan fingerprint density at radius 3 is 2.70 bits per heavy atom. The number of nitrogens with zero attached hydrogens (tertiary/aromatic N) is 1. The molecule has 33 heavy (non-hydrogen) atoms. The molecule has 174 valence electrons. The van der Waals surface area contributed by atoms with Gasteiger partial charge in [0, 0.05) is 45.4 Å². The maximum atomic E-state index is 13.2. The zero-order valence-electron chi connectivity index (χ0n) is 18.6. The van der Waals surface area contributed by atoms with Crippen molar-refractivity contribution < 1.29 is 14.7 Å². The average Bonchev–Trinajstić information content (AvgIpc) is 3.22. The first-order valence-electron chi connectivity index (χ1n) is 11.6. The van der Waals surface area contributed by atoms with E-state index in [0.717, 1.165) is 23.6 Å². The van der Waals surface area contributed by atoms with Gasteiger partial charge in [-0.25, -0.2) is 0 Å². The molecule has 0 radical (unpaired) electrons. The minimum atomic E-state index is -0.710. The lowest BCUT2D eigenvalue weighted by Crippen LogP contribution is -2.39. The highest BCUT2D eigenvalue weighted by molar-refractivity contribution is 6.32. The SMILES string of the molecule is C[C@]12C=C(Cl)C1C=Cc1c2ccn1[C@H]1CC=C(Cl)C=C1C(=O)NCC1CCC(C(=O)O)CC1. The van der Waals surface area contributed by atoms with Crippen LogP contribution in [0, 0.1) is 17.8 Å². The Morgan fingerprint density at radius 2 is 2.00 bits per heavy atom. The van der Waals surface area contributed by atoms with Crippen LogP contribution in [0.25, 0.3) is 6.08 Å². The van der Waals surface area contributed by atoms with E-state index in [4.69, 9.17) is 23.2 Å². The number of carbonyl (C=O) groups is 2. The van der Waals surface area contributed by atoms with Crippen molar-refractivity contribution in [3.63, 3.8) is 0 Å². The number of carboxylic acids is 1. The summed E-state index contributed by atoms with van der Waals surface area (Å²) in [5.41, 5.74) is 2.89. The van der Waals surface area contributed by atoms with Gasteiger partial charge in [0.25, 0.3) is 0 Å². The number of amides is 1. The molecule has 1 unspecified atom stereocenters. The predicted molar refractivity (Wildman–Crippen MR) is 130 cm³/mol. The van der Waals surface area contributed by atoms with Crippen molar-refractivity contribution in [2.75, 3.05) is 6.54 Å². The molecule has 5 nitrogen and oxygen atoms in total. The van der Waals surface area contributed by atoms with Gasteiger partial charge in [0.05, 0.1) is 12.0 Å². The molecule has 7 heteroatoms. The third-order valence-corrected chi connectivity index (χ3v) is 8.51. The Labute approximate surface area is 203 Å². The molecule has 3 atom stereocenters. The highest BCUT2D eigenvalue weighted by Gasteiger charge is 2.46. The van der Waals surface area contributed by atoms with E-state index in [1.165, 1.54) is 5.56 Å². The molecule has 4 aliphatic carbocycles. The fourth-order valence-electron chi connectivity index (χ4n) is 5.83. The van der Waals surface area contributed by atoms with Crippen molar-refractivity contribution in [2.45, 2.75) is 50.5 Å². The molecule has 1 fully saturated rings. The molecular formula is C26H28Cl2N2O3. The molecule has 0 aromatic carbocycles. The number of carboxylic acid groups (broad SMARTS) is 1. The van der Waals surface area contributed by atoms with Crippen LogP contribution in [0.2, 0.25) is 0 Å². The standard InChI is InChI=1S/C26H28Cl2N2O3/c1-26-13-21(28)19(26)7-9-23-20(26)10-11-30(23)22-8-6-17(27)12-18(22)24(31)29-14-15-2-4-16(5-3-15)25(32)33/h6-7,9-13,15-16,19,22H,2-5,8,14H2,1H3,(H,29,31)(H,32,33)/t15?,16?,19?,22-,26-/m0/s1. The Bertz CT molecular complexity index is 1120. The molecule has 1 aromatic heterocycles. The van der Waals surface area contributed by atoms with E-state index in [1.54, 1.807) is 6.08 Å². The van der Waals surface area contributed by atoms with Crippen LogP contribution in [0.1, 0.15) is 56.3 Å². The van der Waals surface area contributed by atoms with Gasteiger partial charge in [0.1, 0.15) is 0 Å². The summed E-state index contributed by atoms with van der Waals surface area (Å²) < 4.78 is 2.18. The van der Waals surface area contributed by atoms with Crippen molar-refractivity contribution >= 4 is 41.2 Å². The van der Waals surface area contributed by atoms with Crippen LogP contribution in [0.5, 0.6) is 0 Å². The minimum absolute atomic E-state index is 0.102. The number of fused-ring (bicyclic) bond motifs is 3. The first-order chi connectivity index (χ1) is 15.8. The fraction of sp³-hybridized carbons (Fsp3) is 0.462. The van der Waals surface area contributed by atoms with Crippen LogP contribution in [-0.2, 0) is 15.0 Å². The van der Waals surface area contributed by atoms with E-state index in [-0.39, 0.29) is 29.2 Å². The number of carbonyl (C=O) groups excluding carboxylic acids is 1. The number of halogens is 2. The smallest absolute Gasteiger partial charge is 0.306 e. The third-order valence-electron chi connectivity index (χ3n) is 7.90. The molecule has 0 aliphatic heterocycles. The molecule has 1 amide bonds. The van der Waals surface area contributed by atoms with Gasteiger partial charge in [-0.15, -0.1) is 0 Å². The Hall–Kier alpha value is -2.24. The molecule has 4 aliphatic rings. The van der Waals surface area contributed by atoms with Crippen LogP contribution in [0.4, 0.5) is 0 Å². The first kappa shape index (κ1) is 22.5. The van der Waals surface area contributed by atoms with Gasteiger partial charge >= 0.3 is 5.97 Å². The number of hydrogen-bond acceptors (Lipinski definition) is 2. The number of aliphatic carboxylic acids is 1. The predicted octanol–water partition coefficient (Wildman–Crippen LogP) is 5.53. The van der Waals surface area contributed by atoms with E-state index in [1.807, 2.05) is 6.08 Å². The van der Waals surface area contributed by atoms with Gasteiger partial charge in [-0.3, -0.25) is 9.59 Å². The minimum Gasteiger partial charge on any atom is -0.481 e. The van der Waals surface area contributed by atoms with Crippen LogP contribution in [0.15, 0.2) is 52.2 Å². The molecule has 0 saturated heterocycles. The topological polar surface area (TPSA) is 71.3 Å². The molecule has 1 saturated carbocycles. The van der Waals surface area contributed by atoms with Crippen molar-refractivity contribution in [3.05, 3.63) is 63.5 Å². The highest BCUT2D eigenvalue weighted by Crippen LogP contribution is 2.53. The maximum Gasteiger partial charge on any atom is 0.306 e. The average molecular weight is 487 g/mol. The van der Waals surface area contributed by atoms with Crippen LogP contribution >= 0.6 is 23.2 Å². The molecule has 1 aromatic rings. The van der Waals surface area contributed by atoms with Gasteiger partial charge in [-0.1, -0.05) is 48.4 Å². The summed E-state index contributed by atoms with van der Waals surface area (Å²) in [4.78, 5) is 24.4. The third kappa shape index (κ3) is 3.89. The largest absolute Gasteiger partial charge is 0.481 e. The fourth-order valence-corrected chi connectivity index (χ4v) is 6.56. The van der Waals surface area contributed by atoms with E-state index >= 15 is 0 Å². The zero-order chi connectivity index (χ0) is 23.3. The van der Waals surface area contributed by atoms with Gasteiger partial charge in [0.15, 0.2) is 0 Å². The summed E-state index contributed by atoms with van der Waals surface area (Å²) in [6.07, 6.45) is 15.8. The van der Waals surface area contributed by atoms with Crippen molar-refractivity contribution in [1.29, 1.82) is 0 Å². The Kier molecular flexibility index (Phi) is 5.82. The second-order valence-corrected chi connectivity index (χ2v) is 10.7. The van der Waals surface area contributed by atoms with Crippen molar-refractivity contribution in [1.82, 2.24) is 9.88 Å². The number of nitrogens with one attached hydrogen (secondary N) is 1. The van der Waals surface area contributed by atoms with Crippen molar-refractivity contribution in [3.8, 4) is 0 Å². The van der Waals surface area contributed by atoms with Gasteiger partial charge in [-0.2, -0.15) is 0 Å². The quantitative estimate of drug-likeness (QED) is 0.574. The molecule has 1 heterocycles. The van der Waals surface area contributed by atoms with E-state index < -0.39 is 5.97 Å². The Morgan fingerprint density at radius 1 is 1.24 bits per heavy atom. The van der Waals surface area contributed by atoms with Gasteiger partial charge < -0.3 is 15.0 Å². The molecule has 5 rings (SSSR count). The summed E-state index contributed by atoms with van der Waals surface area (Å²) in [6, 6.07) is 2.01. The second kappa shape index (κ2) is 8.52. The number of allylic oxidation sites excluding steroid dienone is 6. The first-order valence-corrected chi connectivity index (χ1v) is 12.4. The molecule has 2 N–H and O–H groups in total. The van der Waals surface area contributed by atoms with Gasteiger partial charge in [0.2, 0.25) is 5.91 Å². The lowest BCUT2D eigenvalue weighted by molar-refractivity contribution is -0.143. The second-order valence-electron chi connectivity index (χ2n) is 9.88. The molecule has 0 spiro atoms. The summed E-state index contributed by atoms with van der Waals surface area (Å²) in [6.45, 7) is 2.76. The van der Waals surface area contributed by atoms with Crippen LogP contribution in [-0.4, -0.2) is 28.1 Å². The summed E-state index contributed by atoms with van der Waals surface area (Å²) >= 11 is 12.6. The van der Waals surface area contributed by atoms with Crippen LogP contribution < -0.4 is 5.32 Å². The Balaban J connectivity index is 1.32. The zero-order valence-corrected chi connectivity index (χ0v) is 20.1. The van der Waals surface area contributed by atoms with E-state index in [0.29, 0.717) is 42.3 Å². The number of rotatable bonds is 5. The van der Waals surface area contributed by atoms with E-state index in [2.05, 4.69) is 47.3 Å². The summed E-state index contributed by atoms with van der Waals surface area (Å²) in [5, 5.41) is 13.8. The monoisotopic (exact) mass is 486 g/mol. The van der Waals surface area contributed by atoms with E-state index in [9.17, 15) is 14.7 Å². The van der Waals surface area contributed by atoms with Crippen molar-refractivity contribution in [2.24, 2.45) is 17.8 Å². The lowest BCUT2D eigenvalue weighted by atomic mass is 9.62. The van der Waals surface area contributed by atoms with Crippen LogP contribution in [0.3, 0.4) is 0 Å². The summed E-state index contributed by atoms with van der Waals surface area (Å²) in [5.74, 6) is -0.533. The number of hydrogen-bond donors (Lipinski definition) is 2. The lowest BCUT2D eigenvalue weighted by Gasteiger charge is -2.44. The number of aromatic nitrogens is 1. The molecule has 0 bridgehead atoms. The summed E-state index contributed by atoms with van der Waals surface area (Å²) in [7, 11) is 0. The maximum absolute atomic E-state index is 13.2. The van der Waals surface area contributed by atoms with Gasteiger partial charge in [-0.05, 0) is 61.8 Å². The molecular weight excluding hydrogens is 459 g/mol.